The first kappa shape index (κ1) is 12.3. The zero-order chi connectivity index (χ0) is 10.6. The van der Waals surface area contributed by atoms with Crippen molar-refractivity contribution in [3.05, 3.63) is 0 Å². The molecule has 0 aromatic heterocycles. The zero-order valence-corrected chi connectivity index (χ0v) is 8.41. The average Bonchev–Trinajstić information content (AvgIpc) is 1.81. The molecule has 0 unspecified atom stereocenters. The molecule has 0 saturated heterocycles. The smallest absolute Gasteiger partial charge is 0.304 e. The fraction of sp³-hybridized carbons (Fsp3) is 0.833. The van der Waals surface area contributed by atoms with Gasteiger partial charge in [0.2, 0.25) is 0 Å². The second-order valence-electron chi connectivity index (χ2n) is 2.89. The Labute approximate surface area is 77.5 Å². The van der Waals surface area contributed by atoms with Crippen molar-refractivity contribution >= 4 is 16.2 Å². The van der Waals surface area contributed by atoms with Crippen LogP contribution in [0.15, 0.2) is 0 Å². The van der Waals surface area contributed by atoms with Crippen LogP contribution < -0.4 is 5.14 Å². The lowest BCUT2D eigenvalue weighted by atomic mass is 10.3. The van der Waals surface area contributed by atoms with Crippen LogP contribution in [0.3, 0.4) is 0 Å². The number of carbonyl (C=O) groups is 1. The summed E-state index contributed by atoms with van der Waals surface area (Å²) in [4.78, 5) is 10.2. The highest BCUT2D eigenvalue weighted by molar-refractivity contribution is 7.86. The summed E-state index contributed by atoms with van der Waals surface area (Å²) in [5.41, 5.74) is 0. The Morgan fingerprint density at radius 2 is 2.00 bits per heavy atom. The van der Waals surface area contributed by atoms with Gasteiger partial charge < -0.3 is 5.11 Å². The molecule has 0 rings (SSSR count). The molecule has 0 aromatic rings. The first-order valence-corrected chi connectivity index (χ1v) is 5.27. The van der Waals surface area contributed by atoms with Gasteiger partial charge in [-0.15, -0.1) is 0 Å². The molecular weight excluding hydrogens is 196 g/mol. The van der Waals surface area contributed by atoms with E-state index in [2.05, 4.69) is 0 Å². The SMILES string of the molecule is CC(C)N(CCC(=O)O)S(N)(=O)=O. The summed E-state index contributed by atoms with van der Waals surface area (Å²) in [6.45, 7) is 3.17. The van der Waals surface area contributed by atoms with Gasteiger partial charge in [-0.2, -0.15) is 12.7 Å². The van der Waals surface area contributed by atoms with E-state index in [4.69, 9.17) is 10.2 Å². The molecule has 78 valence electrons. The van der Waals surface area contributed by atoms with Crippen molar-refractivity contribution in [2.24, 2.45) is 5.14 Å². The predicted molar refractivity (Wildman–Crippen MR) is 47.2 cm³/mol. The molecule has 0 amide bonds. The number of hydrogen-bond donors (Lipinski definition) is 2. The fourth-order valence-electron chi connectivity index (χ4n) is 0.885. The van der Waals surface area contributed by atoms with Gasteiger partial charge in [-0.05, 0) is 13.8 Å². The second-order valence-corrected chi connectivity index (χ2v) is 4.39. The Balaban J connectivity index is 4.38. The van der Waals surface area contributed by atoms with Crippen molar-refractivity contribution in [3.8, 4) is 0 Å². The Morgan fingerprint density at radius 1 is 1.54 bits per heavy atom. The topological polar surface area (TPSA) is 101 Å². The Bertz CT molecular complexity index is 272. The Kier molecular flexibility index (Phi) is 4.31. The van der Waals surface area contributed by atoms with Crippen LogP contribution in [-0.2, 0) is 15.0 Å². The molecule has 0 fully saturated rings. The summed E-state index contributed by atoms with van der Waals surface area (Å²) in [6.07, 6.45) is -0.241. The quantitative estimate of drug-likeness (QED) is 0.631. The van der Waals surface area contributed by atoms with E-state index >= 15 is 0 Å². The Morgan fingerprint density at radius 3 is 2.23 bits per heavy atom. The van der Waals surface area contributed by atoms with E-state index in [-0.39, 0.29) is 19.0 Å². The van der Waals surface area contributed by atoms with Crippen LogP contribution >= 0.6 is 0 Å². The molecule has 0 aliphatic carbocycles. The summed E-state index contributed by atoms with van der Waals surface area (Å²) in [7, 11) is -3.79. The minimum absolute atomic E-state index is 0.0914. The number of rotatable bonds is 5. The van der Waals surface area contributed by atoms with Crippen LogP contribution in [0.1, 0.15) is 20.3 Å². The van der Waals surface area contributed by atoms with Crippen molar-refractivity contribution in [1.82, 2.24) is 4.31 Å². The standard InChI is InChI=1S/C6H14N2O4S/c1-5(2)8(13(7,11)12)4-3-6(9)10/h5H,3-4H2,1-2H3,(H,9,10)(H2,7,11,12). The lowest BCUT2D eigenvalue weighted by molar-refractivity contribution is -0.137. The molecule has 3 N–H and O–H groups in total. The minimum Gasteiger partial charge on any atom is -0.481 e. The average molecular weight is 210 g/mol. The van der Waals surface area contributed by atoms with E-state index in [0.29, 0.717) is 0 Å². The summed E-state index contributed by atoms with van der Waals surface area (Å²) in [6, 6.07) is -0.325. The highest BCUT2D eigenvalue weighted by Crippen LogP contribution is 2.03. The van der Waals surface area contributed by atoms with Gasteiger partial charge in [0.25, 0.3) is 10.2 Å². The van der Waals surface area contributed by atoms with E-state index in [1.165, 1.54) is 0 Å². The molecule has 0 spiro atoms. The molecule has 0 heterocycles. The van der Waals surface area contributed by atoms with Gasteiger partial charge in [0, 0.05) is 12.6 Å². The van der Waals surface area contributed by atoms with Crippen molar-refractivity contribution in [1.29, 1.82) is 0 Å². The largest absolute Gasteiger partial charge is 0.481 e. The van der Waals surface area contributed by atoms with E-state index in [0.717, 1.165) is 4.31 Å². The van der Waals surface area contributed by atoms with E-state index in [1.54, 1.807) is 13.8 Å². The van der Waals surface area contributed by atoms with Gasteiger partial charge in [0.05, 0.1) is 6.42 Å². The number of carboxylic acid groups (broad SMARTS) is 1. The van der Waals surface area contributed by atoms with Crippen LogP contribution in [0, 0.1) is 0 Å². The van der Waals surface area contributed by atoms with Gasteiger partial charge in [-0.1, -0.05) is 0 Å². The number of aliphatic carboxylic acids is 1. The van der Waals surface area contributed by atoms with Gasteiger partial charge in [-0.3, -0.25) is 4.79 Å². The summed E-state index contributed by atoms with van der Waals surface area (Å²) in [5, 5.41) is 13.2. The van der Waals surface area contributed by atoms with Gasteiger partial charge in [-0.25, -0.2) is 5.14 Å². The second kappa shape index (κ2) is 4.54. The molecule has 0 radical (unpaired) electrons. The van der Waals surface area contributed by atoms with Crippen LogP contribution in [0.4, 0.5) is 0 Å². The van der Waals surface area contributed by atoms with Crippen LogP contribution in [0.25, 0.3) is 0 Å². The van der Waals surface area contributed by atoms with Crippen molar-refractivity contribution < 1.29 is 18.3 Å². The predicted octanol–water partition coefficient (Wildman–Crippen LogP) is -0.625. The first-order valence-electron chi connectivity index (χ1n) is 3.76. The lowest BCUT2D eigenvalue weighted by Gasteiger charge is -2.22. The fourth-order valence-corrected chi connectivity index (χ4v) is 1.82. The van der Waals surface area contributed by atoms with Crippen molar-refractivity contribution in [2.45, 2.75) is 26.3 Å². The van der Waals surface area contributed by atoms with Crippen LogP contribution in [-0.4, -0.2) is 36.4 Å². The highest BCUT2D eigenvalue weighted by atomic mass is 32.2. The highest BCUT2D eigenvalue weighted by Gasteiger charge is 2.20. The molecule has 0 saturated carbocycles. The number of nitrogens with two attached hydrogens (primary N) is 1. The normalized spacial score (nSPS) is 12.4. The maximum absolute atomic E-state index is 10.9. The minimum atomic E-state index is -3.79. The molecular formula is C6H14N2O4S. The van der Waals surface area contributed by atoms with Crippen LogP contribution in [0.5, 0.6) is 0 Å². The summed E-state index contributed by atoms with van der Waals surface area (Å²) < 4.78 is 22.7. The molecule has 13 heavy (non-hydrogen) atoms. The molecule has 7 heteroatoms. The molecule has 0 aliphatic heterocycles. The first-order chi connectivity index (χ1) is 5.75. The molecule has 6 nitrogen and oxygen atoms in total. The van der Waals surface area contributed by atoms with Crippen LogP contribution in [0.2, 0.25) is 0 Å². The monoisotopic (exact) mass is 210 g/mol. The maximum atomic E-state index is 10.9. The summed E-state index contributed by atoms with van der Waals surface area (Å²) >= 11 is 0. The molecule has 0 aliphatic rings. The number of hydrogen-bond acceptors (Lipinski definition) is 3. The molecule has 0 bridgehead atoms. The van der Waals surface area contributed by atoms with E-state index < -0.39 is 16.2 Å². The number of nitrogens with zero attached hydrogens (tertiary/aromatic N) is 1. The lowest BCUT2D eigenvalue weighted by Crippen LogP contribution is -2.42. The Hall–Kier alpha value is -0.660. The van der Waals surface area contributed by atoms with E-state index in [1.807, 2.05) is 0 Å². The zero-order valence-electron chi connectivity index (χ0n) is 7.60. The third kappa shape index (κ3) is 4.81. The van der Waals surface area contributed by atoms with Crippen molar-refractivity contribution in [3.63, 3.8) is 0 Å². The molecule has 0 atom stereocenters. The third-order valence-electron chi connectivity index (χ3n) is 1.45. The summed E-state index contributed by atoms with van der Waals surface area (Å²) in [5.74, 6) is -1.05. The maximum Gasteiger partial charge on any atom is 0.304 e. The van der Waals surface area contributed by atoms with Gasteiger partial charge >= 0.3 is 5.97 Å². The number of carboxylic acids is 1. The molecule has 0 aromatic carbocycles. The third-order valence-corrected chi connectivity index (χ3v) is 2.71. The van der Waals surface area contributed by atoms with Gasteiger partial charge in [0.15, 0.2) is 0 Å². The van der Waals surface area contributed by atoms with E-state index in [9.17, 15) is 13.2 Å². The van der Waals surface area contributed by atoms with Gasteiger partial charge in [0.1, 0.15) is 0 Å². The van der Waals surface area contributed by atoms with Crippen molar-refractivity contribution in [2.75, 3.05) is 6.54 Å².